The van der Waals surface area contributed by atoms with Crippen LogP contribution in [-0.2, 0) is 4.74 Å². The summed E-state index contributed by atoms with van der Waals surface area (Å²) in [7, 11) is 1.49. The molecule has 0 atom stereocenters. The van der Waals surface area contributed by atoms with Gasteiger partial charge in [-0.05, 0) is 51.7 Å². The highest BCUT2D eigenvalue weighted by molar-refractivity contribution is 5.97. The van der Waals surface area contributed by atoms with Gasteiger partial charge in [-0.15, -0.1) is 0 Å². The Labute approximate surface area is 199 Å². The molecule has 10 nitrogen and oxygen atoms in total. The number of nitrogens with zero attached hydrogens (tertiary/aromatic N) is 3. The van der Waals surface area contributed by atoms with E-state index >= 15 is 0 Å². The minimum atomic E-state index is -0.516. The second kappa shape index (κ2) is 10.5. The van der Waals surface area contributed by atoms with Crippen LogP contribution in [-0.4, -0.2) is 65.1 Å². The molecule has 1 aliphatic heterocycles. The van der Waals surface area contributed by atoms with E-state index in [9.17, 15) is 14.4 Å². The summed E-state index contributed by atoms with van der Waals surface area (Å²) in [4.78, 5) is 47.0. The van der Waals surface area contributed by atoms with Crippen molar-refractivity contribution in [1.82, 2.24) is 25.5 Å². The molecule has 1 aromatic carbocycles. The molecule has 4 N–H and O–H groups in total. The van der Waals surface area contributed by atoms with Crippen LogP contribution >= 0.6 is 0 Å². The summed E-state index contributed by atoms with van der Waals surface area (Å²) in [5.41, 5.74) is 6.84. The van der Waals surface area contributed by atoms with E-state index in [-0.39, 0.29) is 29.4 Å². The third-order valence-electron chi connectivity index (χ3n) is 5.48. The number of piperidine rings is 1. The van der Waals surface area contributed by atoms with Gasteiger partial charge in [0.2, 0.25) is 0 Å². The molecule has 10 heteroatoms. The van der Waals surface area contributed by atoms with E-state index in [1.165, 1.54) is 13.2 Å². The number of aromatic nitrogens is 2. The number of anilines is 1. The van der Waals surface area contributed by atoms with Crippen LogP contribution in [0.5, 0.6) is 0 Å². The Morgan fingerprint density at radius 1 is 1.18 bits per heavy atom. The lowest BCUT2D eigenvalue weighted by Crippen LogP contribution is -2.43. The maximum absolute atomic E-state index is 12.8. The predicted octanol–water partition coefficient (Wildman–Crippen LogP) is 2.46. The van der Waals surface area contributed by atoms with Crippen LogP contribution in [0.15, 0.2) is 30.5 Å². The molecule has 0 radical (unpaired) electrons. The third-order valence-corrected chi connectivity index (χ3v) is 5.48. The molecule has 182 valence electrons. The summed E-state index contributed by atoms with van der Waals surface area (Å²) < 4.78 is 5.43. The number of hydrogen-bond donors (Lipinski definition) is 3. The van der Waals surface area contributed by atoms with Crippen LogP contribution < -0.4 is 16.4 Å². The number of likely N-dealkylation sites (tertiary alicyclic amines) is 1. The summed E-state index contributed by atoms with van der Waals surface area (Å²) >= 11 is 0. The van der Waals surface area contributed by atoms with Gasteiger partial charge < -0.3 is 26.0 Å². The Morgan fingerprint density at radius 3 is 2.53 bits per heavy atom. The summed E-state index contributed by atoms with van der Waals surface area (Å²) in [6.07, 6.45) is 2.76. The molecule has 2 aromatic rings. The van der Waals surface area contributed by atoms with Gasteiger partial charge in [0.1, 0.15) is 5.60 Å². The third kappa shape index (κ3) is 6.43. The van der Waals surface area contributed by atoms with Gasteiger partial charge in [-0.3, -0.25) is 9.59 Å². The molecule has 0 aliphatic carbocycles. The van der Waals surface area contributed by atoms with Crippen molar-refractivity contribution in [2.24, 2.45) is 5.92 Å². The number of carbonyl (C=O) groups is 3. The largest absolute Gasteiger partial charge is 0.444 e. The topological polar surface area (TPSA) is 140 Å². The van der Waals surface area contributed by atoms with E-state index in [4.69, 9.17) is 10.5 Å². The smallest absolute Gasteiger partial charge is 0.410 e. The zero-order valence-electron chi connectivity index (χ0n) is 20.1. The van der Waals surface area contributed by atoms with E-state index in [0.29, 0.717) is 36.5 Å². The first-order valence-electron chi connectivity index (χ1n) is 11.3. The van der Waals surface area contributed by atoms with Gasteiger partial charge in [0.05, 0.1) is 11.9 Å². The zero-order chi connectivity index (χ0) is 24.9. The molecule has 1 aliphatic rings. The minimum Gasteiger partial charge on any atom is -0.444 e. The maximum Gasteiger partial charge on any atom is 0.410 e. The molecule has 0 unspecified atom stereocenters. The van der Waals surface area contributed by atoms with Crippen LogP contribution in [0, 0.1) is 5.92 Å². The van der Waals surface area contributed by atoms with Crippen LogP contribution in [0.1, 0.15) is 54.5 Å². The van der Waals surface area contributed by atoms with Crippen molar-refractivity contribution in [3.8, 4) is 11.3 Å². The Morgan fingerprint density at radius 2 is 1.88 bits per heavy atom. The lowest BCUT2D eigenvalue weighted by atomic mass is 9.97. The molecule has 1 aromatic heterocycles. The lowest BCUT2D eigenvalue weighted by molar-refractivity contribution is 0.0183. The summed E-state index contributed by atoms with van der Waals surface area (Å²) in [6, 6.07) is 6.96. The number of nitrogen functional groups attached to an aromatic ring is 1. The quantitative estimate of drug-likeness (QED) is 0.612. The normalized spacial score (nSPS) is 14.4. The molecule has 3 rings (SSSR count). The first kappa shape index (κ1) is 24.9. The van der Waals surface area contributed by atoms with Gasteiger partial charge in [0.15, 0.2) is 11.5 Å². The molecule has 0 spiro atoms. The van der Waals surface area contributed by atoms with Crippen molar-refractivity contribution in [3.63, 3.8) is 0 Å². The number of carbonyl (C=O) groups excluding carboxylic acids is 3. The fourth-order valence-corrected chi connectivity index (χ4v) is 3.63. The predicted molar refractivity (Wildman–Crippen MR) is 128 cm³/mol. The molecule has 3 amide bonds. The van der Waals surface area contributed by atoms with E-state index in [2.05, 4.69) is 20.6 Å². The summed E-state index contributed by atoms with van der Waals surface area (Å²) in [6.45, 7) is 7.28. The molecular formula is C24H32N6O4. The van der Waals surface area contributed by atoms with E-state index < -0.39 is 11.5 Å². The number of ether oxygens (including phenoxy) is 1. The van der Waals surface area contributed by atoms with Gasteiger partial charge in [-0.2, -0.15) is 0 Å². The summed E-state index contributed by atoms with van der Waals surface area (Å²) in [5.74, 6) is -0.316. The van der Waals surface area contributed by atoms with Crippen LogP contribution in [0.25, 0.3) is 11.3 Å². The number of nitrogens with one attached hydrogen (secondary N) is 2. The average molecular weight is 469 g/mol. The highest BCUT2D eigenvalue weighted by Gasteiger charge is 2.27. The molecule has 0 saturated carbocycles. The van der Waals surface area contributed by atoms with Crippen LogP contribution in [0.3, 0.4) is 0 Å². The standard InChI is InChI=1S/C24H32N6O4/c1-24(2,3)34-23(33)30-10-8-15(9-11-30)13-28-21(31)17-7-5-6-16(12-17)18-14-27-20(25)19(29-18)22(32)26-4/h5-7,12,14-15H,8-11,13H2,1-4H3,(H2,25,27)(H,26,32)(H,28,31). The maximum atomic E-state index is 12.8. The van der Waals surface area contributed by atoms with E-state index in [1.54, 1.807) is 29.2 Å². The Bertz CT molecular complexity index is 1060. The Balaban J connectivity index is 1.58. The van der Waals surface area contributed by atoms with Crippen molar-refractivity contribution in [3.05, 3.63) is 41.7 Å². The molecular weight excluding hydrogens is 436 g/mol. The van der Waals surface area contributed by atoms with Gasteiger partial charge in [0, 0.05) is 37.8 Å². The molecule has 34 heavy (non-hydrogen) atoms. The second-order valence-electron chi connectivity index (χ2n) is 9.27. The molecule has 0 bridgehead atoms. The fourth-order valence-electron chi connectivity index (χ4n) is 3.63. The van der Waals surface area contributed by atoms with Gasteiger partial charge in [-0.1, -0.05) is 12.1 Å². The van der Waals surface area contributed by atoms with Crippen LogP contribution in [0.4, 0.5) is 10.6 Å². The second-order valence-corrected chi connectivity index (χ2v) is 9.27. The Kier molecular flexibility index (Phi) is 7.70. The number of nitrogens with two attached hydrogens (primary N) is 1. The minimum absolute atomic E-state index is 0.0348. The van der Waals surface area contributed by atoms with E-state index in [1.807, 2.05) is 20.8 Å². The summed E-state index contributed by atoms with van der Waals surface area (Å²) in [5, 5.41) is 5.47. The van der Waals surface area contributed by atoms with E-state index in [0.717, 1.165) is 12.8 Å². The lowest BCUT2D eigenvalue weighted by Gasteiger charge is -2.33. The monoisotopic (exact) mass is 468 g/mol. The average Bonchev–Trinajstić information content (AvgIpc) is 2.81. The highest BCUT2D eigenvalue weighted by atomic mass is 16.6. The SMILES string of the molecule is CNC(=O)c1nc(-c2cccc(C(=O)NCC3CCN(C(=O)OC(C)(C)C)CC3)c2)cnc1N. The van der Waals surface area contributed by atoms with Gasteiger partial charge >= 0.3 is 6.09 Å². The molecule has 2 heterocycles. The first-order valence-corrected chi connectivity index (χ1v) is 11.3. The van der Waals surface area contributed by atoms with Crippen molar-refractivity contribution in [2.45, 2.75) is 39.2 Å². The van der Waals surface area contributed by atoms with Gasteiger partial charge in [0.25, 0.3) is 11.8 Å². The van der Waals surface area contributed by atoms with Crippen LogP contribution in [0.2, 0.25) is 0 Å². The van der Waals surface area contributed by atoms with Crippen molar-refractivity contribution in [1.29, 1.82) is 0 Å². The van der Waals surface area contributed by atoms with Gasteiger partial charge in [-0.25, -0.2) is 14.8 Å². The highest BCUT2D eigenvalue weighted by Crippen LogP contribution is 2.21. The fraction of sp³-hybridized carbons (Fsp3) is 0.458. The number of hydrogen-bond acceptors (Lipinski definition) is 7. The number of amides is 3. The zero-order valence-corrected chi connectivity index (χ0v) is 20.1. The first-order chi connectivity index (χ1) is 16.1. The van der Waals surface area contributed by atoms with Crippen molar-refractivity contribution >= 4 is 23.7 Å². The Hall–Kier alpha value is -3.69. The van der Waals surface area contributed by atoms with Crippen molar-refractivity contribution < 1.29 is 19.1 Å². The van der Waals surface area contributed by atoms with Crippen molar-refractivity contribution in [2.75, 3.05) is 32.4 Å². The number of rotatable bonds is 5. The molecule has 1 fully saturated rings. The number of benzene rings is 1. The molecule has 1 saturated heterocycles.